The molecule has 0 radical (unpaired) electrons. The van der Waals surface area contributed by atoms with Gasteiger partial charge in [0, 0.05) is 26.8 Å². The number of aromatic nitrogens is 1. The highest BCUT2D eigenvalue weighted by atomic mass is 15.2. The Labute approximate surface area is 125 Å². The number of benzene rings is 2. The number of pyridine rings is 1. The first kappa shape index (κ1) is 13.4. The Morgan fingerprint density at radius 3 is 2.62 bits per heavy atom. The molecule has 1 heterocycles. The molecule has 3 rings (SSSR count). The summed E-state index contributed by atoms with van der Waals surface area (Å²) < 4.78 is 0. The minimum Gasteiger partial charge on any atom is -0.378 e. The van der Waals surface area contributed by atoms with Gasteiger partial charge >= 0.3 is 0 Å². The van der Waals surface area contributed by atoms with Gasteiger partial charge < -0.3 is 10.2 Å². The highest BCUT2D eigenvalue weighted by molar-refractivity contribution is 5.86. The Morgan fingerprint density at radius 1 is 0.952 bits per heavy atom. The quantitative estimate of drug-likeness (QED) is 0.783. The second-order valence-electron chi connectivity index (χ2n) is 5.26. The lowest BCUT2D eigenvalue weighted by Crippen LogP contribution is -2.13. The molecule has 0 atom stereocenters. The van der Waals surface area contributed by atoms with Crippen LogP contribution in [0.4, 0.5) is 11.5 Å². The molecule has 106 valence electrons. The van der Waals surface area contributed by atoms with Gasteiger partial charge in [-0.15, -0.1) is 0 Å². The van der Waals surface area contributed by atoms with Crippen LogP contribution in [-0.4, -0.2) is 19.1 Å². The first-order valence-corrected chi connectivity index (χ1v) is 7.08. The van der Waals surface area contributed by atoms with Gasteiger partial charge in [0.25, 0.3) is 0 Å². The zero-order valence-electron chi connectivity index (χ0n) is 12.4. The molecule has 0 amide bonds. The van der Waals surface area contributed by atoms with E-state index in [0.29, 0.717) is 0 Å². The second kappa shape index (κ2) is 5.83. The number of hydrogen-bond donors (Lipinski definition) is 1. The molecule has 0 bridgehead atoms. The van der Waals surface area contributed by atoms with Crippen molar-refractivity contribution in [3.05, 3.63) is 66.4 Å². The monoisotopic (exact) mass is 277 g/mol. The Balaban J connectivity index is 1.87. The molecule has 0 aliphatic heterocycles. The molecule has 3 nitrogen and oxygen atoms in total. The number of fused-ring (bicyclic) bond motifs is 1. The van der Waals surface area contributed by atoms with Crippen LogP contribution in [0.15, 0.2) is 60.8 Å². The van der Waals surface area contributed by atoms with Crippen LogP contribution in [0, 0.1) is 0 Å². The molecule has 0 saturated heterocycles. The van der Waals surface area contributed by atoms with Crippen molar-refractivity contribution in [2.24, 2.45) is 0 Å². The minimum absolute atomic E-state index is 0.786. The molecular formula is C18H19N3. The van der Waals surface area contributed by atoms with Crippen LogP contribution < -0.4 is 10.2 Å². The molecule has 3 heteroatoms. The van der Waals surface area contributed by atoms with Gasteiger partial charge in [-0.1, -0.05) is 42.5 Å². The average Bonchev–Trinajstić information content (AvgIpc) is 2.53. The zero-order valence-corrected chi connectivity index (χ0v) is 12.4. The van der Waals surface area contributed by atoms with Crippen LogP contribution in [0.2, 0.25) is 0 Å². The average molecular weight is 277 g/mol. The number of nitrogens with one attached hydrogen (secondary N) is 1. The summed E-state index contributed by atoms with van der Waals surface area (Å²) in [6.07, 6.45) is 1.82. The lowest BCUT2D eigenvalue weighted by atomic mass is 10.0. The van der Waals surface area contributed by atoms with Gasteiger partial charge in [-0.25, -0.2) is 4.98 Å². The van der Waals surface area contributed by atoms with Gasteiger partial charge in [0.1, 0.15) is 0 Å². The first-order chi connectivity index (χ1) is 10.3. The van der Waals surface area contributed by atoms with E-state index in [1.165, 1.54) is 16.3 Å². The highest BCUT2D eigenvalue weighted by Gasteiger charge is 2.06. The Hall–Kier alpha value is -2.55. The van der Waals surface area contributed by atoms with Gasteiger partial charge in [0.2, 0.25) is 0 Å². The van der Waals surface area contributed by atoms with E-state index in [9.17, 15) is 0 Å². The number of nitrogens with zero attached hydrogens (tertiary/aromatic N) is 2. The van der Waals surface area contributed by atoms with Gasteiger partial charge in [0.15, 0.2) is 5.82 Å². The smallest absolute Gasteiger partial charge is 0.151 e. The van der Waals surface area contributed by atoms with E-state index in [4.69, 9.17) is 0 Å². The fourth-order valence-electron chi connectivity index (χ4n) is 2.53. The molecule has 0 aliphatic rings. The van der Waals surface area contributed by atoms with Crippen molar-refractivity contribution in [2.45, 2.75) is 6.54 Å². The van der Waals surface area contributed by atoms with Crippen LogP contribution in [-0.2, 0) is 6.54 Å². The van der Waals surface area contributed by atoms with Crippen molar-refractivity contribution in [1.82, 2.24) is 4.98 Å². The van der Waals surface area contributed by atoms with E-state index in [2.05, 4.69) is 58.8 Å². The maximum atomic E-state index is 4.42. The molecule has 0 spiro atoms. The normalized spacial score (nSPS) is 10.6. The van der Waals surface area contributed by atoms with Crippen molar-refractivity contribution in [3.8, 4) is 0 Å². The maximum Gasteiger partial charge on any atom is 0.151 e. The Morgan fingerprint density at radius 2 is 1.76 bits per heavy atom. The first-order valence-electron chi connectivity index (χ1n) is 7.08. The number of rotatable bonds is 4. The molecule has 0 fully saturated rings. The summed E-state index contributed by atoms with van der Waals surface area (Å²) in [5, 5.41) is 6.07. The van der Waals surface area contributed by atoms with Crippen LogP contribution in [0.3, 0.4) is 0 Å². The third-order valence-corrected chi connectivity index (χ3v) is 3.56. The number of anilines is 2. The molecule has 2 aromatic carbocycles. The van der Waals surface area contributed by atoms with Crippen LogP contribution in [0.25, 0.3) is 10.8 Å². The summed E-state index contributed by atoms with van der Waals surface area (Å²) in [5.41, 5.74) is 2.34. The third-order valence-electron chi connectivity index (χ3n) is 3.56. The van der Waals surface area contributed by atoms with Gasteiger partial charge in [0.05, 0.1) is 5.69 Å². The lowest BCUT2D eigenvalue weighted by Gasteiger charge is -2.17. The molecular weight excluding hydrogens is 258 g/mol. The van der Waals surface area contributed by atoms with Crippen LogP contribution >= 0.6 is 0 Å². The van der Waals surface area contributed by atoms with Crippen molar-refractivity contribution >= 4 is 22.3 Å². The summed E-state index contributed by atoms with van der Waals surface area (Å²) in [7, 11) is 4.01. The topological polar surface area (TPSA) is 28.2 Å². The Kier molecular flexibility index (Phi) is 3.73. The standard InChI is InChI=1S/C18H19N3/c1-21(2)18-17(11-6-12-19-18)20-13-15-9-5-8-14-7-3-4-10-16(14)15/h3-12,20H,13H2,1-2H3. The van der Waals surface area contributed by atoms with E-state index < -0.39 is 0 Å². The lowest BCUT2D eigenvalue weighted by molar-refractivity contribution is 1.05. The summed E-state index contributed by atoms with van der Waals surface area (Å²) in [5.74, 6) is 0.956. The third kappa shape index (κ3) is 2.82. The van der Waals surface area contributed by atoms with Crippen molar-refractivity contribution in [1.29, 1.82) is 0 Å². The predicted octanol–water partition coefficient (Wildman–Crippen LogP) is 3.91. The molecule has 0 saturated carbocycles. The molecule has 1 aromatic heterocycles. The molecule has 0 unspecified atom stereocenters. The van der Waals surface area contributed by atoms with E-state index in [-0.39, 0.29) is 0 Å². The van der Waals surface area contributed by atoms with Gasteiger partial charge in [-0.3, -0.25) is 0 Å². The van der Waals surface area contributed by atoms with Crippen LogP contribution in [0.5, 0.6) is 0 Å². The largest absolute Gasteiger partial charge is 0.378 e. The molecule has 3 aromatic rings. The van der Waals surface area contributed by atoms with Crippen molar-refractivity contribution < 1.29 is 0 Å². The van der Waals surface area contributed by atoms with E-state index in [1.807, 2.05) is 31.3 Å². The van der Waals surface area contributed by atoms with Crippen LogP contribution in [0.1, 0.15) is 5.56 Å². The second-order valence-corrected chi connectivity index (χ2v) is 5.26. The van der Waals surface area contributed by atoms with Gasteiger partial charge in [-0.05, 0) is 28.5 Å². The molecule has 0 aliphatic carbocycles. The minimum atomic E-state index is 0.786. The predicted molar refractivity (Wildman–Crippen MR) is 89.8 cm³/mol. The van der Waals surface area contributed by atoms with Crippen molar-refractivity contribution in [2.75, 3.05) is 24.3 Å². The van der Waals surface area contributed by atoms with Crippen molar-refractivity contribution in [3.63, 3.8) is 0 Å². The summed E-state index contributed by atoms with van der Waals surface area (Å²) in [4.78, 5) is 6.44. The SMILES string of the molecule is CN(C)c1ncccc1NCc1cccc2ccccc12. The Bertz CT molecular complexity index is 745. The van der Waals surface area contributed by atoms with E-state index >= 15 is 0 Å². The van der Waals surface area contributed by atoms with E-state index in [0.717, 1.165) is 18.1 Å². The molecule has 1 N–H and O–H groups in total. The molecule has 21 heavy (non-hydrogen) atoms. The van der Waals surface area contributed by atoms with Gasteiger partial charge in [-0.2, -0.15) is 0 Å². The fourth-order valence-corrected chi connectivity index (χ4v) is 2.53. The maximum absolute atomic E-state index is 4.42. The fraction of sp³-hybridized carbons (Fsp3) is 0.167. The summed E-state index contributed by atoms with van der Waals surface area (Å²) in [6.45, 7) is 0.786. The van der Waals surface area contributed by atoms with E-state index in [1.54, 1.807) is 0 Å². The number of hydrogen-bond acceptors (Lipinski definition) is 3. The zero-order chi connectivity index (χ0) is 14.7. The highest BCUT2D eigenvalue weighted by Crippen LogP contribution is 2.23. The summed E-state index contributed by atoms with van der Waals surface area (Å²) in [6, 6.07) is 18.9. The summed E-state index contributed by atoms with van der Waals surface area (Å²) >= 11 is 0.